The third-order valence-electron chi connectivity index (χ3n) is 6.80. The number of nitrogens with one attached hydrogen (secondary N) is 2. The minimum absolute atomic E-state index is 0.104. The summed E-state index contributed by atoms with van der Waals surface area (Å²) < 4.78 is 36.3. The lowest BCUT2D eigenvalue weighted by Gasteiger charge is -2.36. The zero-order valence-electron chi connectivity index (χ0n) is 18.8. The number of amides is 1. The van der Waals surface area contributed by atoms with E-state index in [9.17, 15) is 18.7 Å². The van der Waals surface area contributed by atoms with E-state index in [1.165, 1.54) is 10.7 Å². The lowest BCUT2D eigenvalue weighted by Crippen LogP contribution is -2.55. The number of hydrogen-bond acceptors (Lipinski definition) is 7. The molecular formula is C23H23F2N7O3. The van der Waals surface area contributed by atoms with Crippen molar-refractivity contribution in [3.05, 3.63) is 42.4 Å². The molecule has 0 spiro atoms. The van der Waals surface area contributed by atoms with Gasteiger partial charge in [0.2, 0.25) is 0 Å². The topological polar surface area (TPSA) is 119 Å². The van der Waals surface area contributed by atoms with E-state index in [0.717, 1.165) is 10.9 Å². The number of halogens is 2. The summed E-state index contributed by atoms with van der Waals surface area (Å²) in [6, 6.07) is 4.01. The second-order valence-electron chi connectivity index (χ2n) is 8.89. The summed E-state index contributed by atoms with van der Waals surface area (Å²) in [5.41, 5.74) is 2.29. The molecule has 4 aromatic heterocycles. The van der Waals surface area contributed by atoms with Crippen LogP contribution in [0.2, 0.25) is 0 Å². The Balaban J connectivity index is 1.47. The highest BCUT2D eigenvalue weighted by molar-refractivity contribution is 6.01. The van der Waals surface area contributed by atoms with E-state index in [1.54, 1.807) is 19.3 Å². The van der Waals surface area contributed by atoms with Crippen molar-refractivity contribution in [2.75, 3.05) is 25.6 Å². The predicted octanol–water partition coefficient (Wildman–Crippen LogP) is 2.25. The number of nitrogens with zero attached hydrogens (tertiary/aromatic N) is 5. The maximum atomic E-state index is 13.7. The zero-order chi connectivity index (χ0) is 24.3. The fourth-order valence-corrected chi connectivity index (χ4v) is 4.70. The number of hydrogen-bond donors (Lipinski definition) is 3. The molecule has 2 aliphatic rings. The Morgan fingerprint density at radius 3 is 2.86 bits per heavy atom. The number of aliphatic hydroxyl groups excluding tert-OH is 1. The van der Waals surface area contributed by atoms with Gasteiger partial charge in [0, 0.05) is 42.9 Å². The lowest BCUT2D eigenvalue weighted by molar-refractivity contribution is -0.102. The van der Waals surface area contributed by atoms with Crippen LogP contribution in [0.3, 0.4) is 0 Å². The number of alkyl halides is 2. The van der Waals surface area contributed by atoms with Gasteiger partial charge in [-0.25, -0.2) is 18.7 Å². The van der Waals surface area contributed by atoms with Crippen LogP contribution in [0.5, 0.6) is 0 Å². The highest BCUT2D eigenvalue weighted by Crippen LogP contribution is 2.38. The summed E-state index contributed by atoms with van der Waals surface area (Å²) in [6.45, 7) is 0.600. The van der Waals surface area contributed by atoms with Gasteiger partial charge in [-0.3, -0.25) is 4.79 Å². The fourth-order valence-electron chi connectivity index (χ4n) is 4.70. The van der Waals surface area contributed by atoms with Crippen LogP contribution in [0.4, 0.5) is 14.6 Å². The minimum atomic E-state index is -2.91. The number of aliphatic hydroxyl groups is 1. The first kappa shape index (κ1) is 21.9. The van der Waals surface area contributed by atoms with Gasteiger partial charge in [-0.2, -0.15) is 9.61 Å². The standard InChI is InChI=1S/C23H23F2N7O3/c1-26-19-7-15(14-9-31(16-10-35-11-17(16)33)20-12(14)3-2-6-27-20)29-21-13(8-28-32(19)21)22(34)30-18-4-5-23(18,24)25/h2-3,6-9,16-18,26,33H,4-5,10-11H2,1H3,(H,30,34)/t16-,17-,18?/m0/s1. The number of ether oxygens (including phenoxy) is 1. The first-order valence-corrected chi connectivity index (χ1v) is 11.3. The first-order valence-electron chi connectivity index (χ1n) is 11.3. The lowest BCUT2D eigenvalue weighted by atomic mass is 9.88. The van der Waals surface area contributed by atoms with Crippen LogP contribution in [0.1, 0.15) is 29.2 Å². The summed E-state index contributed by atoms with van der Waals surface area (Å²) in [7, 11) is 1.71. The summed E-state index contributed by atoms with van der Waals surface area (Å²) in [5.74, 6) is -2.99. The summed E-state index contributed by atoms with van der Waals surface area (Å²) in [6.07, 6.45) is 4.19. The van der Waals surface area contributed by atoms with Gasteiger partial charge >= 0.3 is 0 Å². The van der Waals surface area contributed by atoms with Gasteiger partial charge in [0.25, 0.3) is 11.8 Å². The molecule has 2 fully saturated rings. The Morgan fingerprint density at radius 2 is 2.17 bits per heavy atom. The van der Waals surface area contributed by atoms with Crippen LogP contribution in [-0.2, 0) is 4.74 Å². The molecule has 0 aromatic carbocycles. The molecule has 3 atom stereocenters. The average Bonchev–Trinajstić information content (AvgIpc) is 3.57. The van der Waals surface area contributed by atoms with Crippen LogP contribution in [0.25, 0.3) is 27.9 Å². The molecule has 5 heterocycles. The Hall–Kier alpha value is -3.64. The SMILES string of the molecule is CNc1cc(-c2cn([C@H]3COC[C@@H]3O)c3ncccc23)nc2c(C(=O)NC3CCC3(F)F)cnn12. The normalized spacial score (nSPS) is 23.5. The molecule has 182 valence electrons. The molecule has 0 bridgehead atoms. The minimum Gasteiger partial charge on any atom is -0.388 e. The van der Waals surface area contributed by atoms with Gasteiger partial charge < -0.3 is 25.0 Å². The molecular weight excluding hydrogens is 460 g/mol. The van der Waals surface area contributed by atoms with Gasteiger partial charge in [0.1, 0.15) is 23.1 Å². The molecule has 35 heavy (non-hydrogen) atoms. The van der Waals surface area contributed by atoms with Crippen LogP contribution in [0, 0.1) is 0 Å². The third-order valence-corrected chi connectivity index (χ3v) is 6.80. The number of anilines is 1. The van der Waals surface area contributed by atoms with Gasteiger partial charge in [-0.15, -0.1) is 0 Å². The van der Waals surface area contributed by atoms with Crippen molar-refractivity contribution >= 4 is 28.4 Å². The Labute approximate surface area is 197 Å². The van der Waals surface area contributed by atoms with Crippen molar-refractivity contribution in [2.24, 2.45) is 0 Å². The van der Waals surface area contributed by atoms with Crippen LogP contribution in [0.15, 0.2) is 36.8 Å². The zero-order valence-corrected chi connectivity index (χ0v) is 18.8. The van der Waals surface area contributed by atoms with E-state index < -0.39 is 24.0 Å². The molecule has 1 aliphatic heterocycles. The summed E-state index contributed by atoms with van der Waals surface area (Å²) >= 11 is 0. The molecule has 1 amide bonds. The second kappa shape index (κ2) is 7.95. The molecule has 0 radical (unpaired) electrons. The van der Waals surface area contributed by atoms with E-state index in [-0.39, 0.29) is 36.7 Å². The van der Waals surface area contributed by atoms with Crippen molar-refractivity contribution in [1.82, 2.24) is 29.5 Å². The summed E-state index contributed by atoms with van der Waals surface area (Å²) in [4.78, 5) is 22.1. The molecule has 1 unspecified atom stereocenters. The number of carbonyl (C=O) groups is 1. The van der Waals surface area contributed by atoms with Crippen LogP contribution in [-0.4, -0.2) is 73.5 Å². The Morgan fingerprint density at radius 1 is 1.31 bits per heavy atom. The van der Waals surface area contributed by atoms with Crippen LogP contribution >= 0.6 is 0 Å². The van der Waals surface area contributed by atoms with E-state index in [4.69, 9.17) is 9.72 Å². The quantitative estimate of drug-likeness (QED) is 0.398. The molecule has 3 N–H and O–H groups in total. The number of aromatic nitrogens is 5. The average molecular weight is 483 g/mol. The molecule has 10 nitrogen and oxygen atoms in total. The Kier molecular flexibility index (Phi) is 4.97. The van der Waals surface area contributed by atoms with E-state index in [2.05, 4.69) is 20.7 Å². The monoisotopic (exact) mass is 483 g/mol. The molecule has 12 heteroatoms. The largest absolute Gasteiger partial charge is 0.388 e. The Bertz CT molecular complexity index is 1450. The molecule has 1 saturated carbocycles. The van der Waals surface area contributed by atoms with Gasteiger partial charge in [0.15, 0.2) is 5.65 Å². The third kappa shape index (κ3) is 3.43. The highest BCUT2D eigenvalue weighted by atomic mass is 19.3. The van der Waals surface area contributed by atoms with E-state index >= 15 is 0 Å². The van der Waals surface area contributed by atoms with Gasteiger partial charge in [-0.1, -0.05) is 0 Å². The first-order chi connectivity index (χ1) is 16.9. The fraction of sp³-hybridized carbons (Fsp3) is 0.391. The highest BCUT2D eigenvalue weighted by Gasteiger charge is 2.49. The van der Waals surface area contributed by atoms with Crippen molar-refractivity contribution in [2.45, 2.75) is 37.0 Å². The maximum absolute atomic E-state index is 13.7. The number of rotatable bonds is 5. The van der Waals surface area contributed by atoms with Crippen molar-refractivity contribution in [3.8, 4) is 11.3 Å². The predicted molar refractivity (Wildman–Crippen MR) is 123 cm³/mol. The summed E-state index contributed by atoms with van der Waals surface area (Å²) in [5, 5.41) is 20.9. The smallest absolute Gasteiger partial charge is 0.267 e. The van der Waals surface area contributed by atoms with Crippen molar-refractivity contribution in [1.29, 1.82) is 0 Å². The number of carbonyl (C=O) groups excluding carboxylic acids is 1. The van der Waals surface area contributed by atoms with Crippen molar-refractivity contribution in [3.63, 3.8) is 0 Å². The number of fused-ring (bicyclic) bond motifs is 2. The van der Waals surface area contributed by atoms with Gasteiger partial charge in [0.05, 0.1) is 37.2 Å². The van der Waals surface area contributed by atoms with E-state index in [0.29, 0.717) is 23.8 Å². The molecule has 1 aliphatic carbocycles. The van der Waals surface area contributed by atoms with Crippen molar-refractivity contribution < 1.29 is 23.4 Å². The van der Waals surface area contributed by atoms with Gasteiger partial charge in [-0.05, 0) is 18.6 Å². The second-order valence-corrected chi connectivity index (χ2v) is 8.89. The molecule has 4 aromatic rings. The molecule has 6 rings (SSSR count). The number of pyridine rings is 1. The van der Waals surface area contributed by atoms with E-state index in [1.807, 2.05) is 22.9 Å². The van der Waals surface area contributed by atoms with Crippen LogP contribution < -0.4 is 10.6 Å². The molecule has 1 saturated heterocycles. The maximum Gasteiger partial charge on any atom is 0.267 e.